The van der Waals surface area contributed by atoms with Crippen molar-refractivity contribution in [2.45, 2.75) is 26.2 Å². The molecule has 0 radical (unpaired) electrons. The standard InChI is InChI=1S/C45H35N3/c1-31-26-28-33(29-27-31)39-30-38(36-19-12-15-32-14-8-9-18-35(32)36)37-20-13-25-44(45(37)46-39)48-42-22-7-3-6-21-40(42)47(34-16-4-2-5-17-34)41-23-10-11-24-43(41)48/h2,4-5,7-20,22-30H,3,6,21H2,1H3. The lowest BCUT2D eigenvalue weighted by atomic mass is 9.93. The number of fused-ring (bicyclic) bond motifs is 3. The number of anilines is 4. The van der Waals surface area contributed by atoms with Crippen molar-refractivity contribution in [3.63, 3.8) is 0 Å². The fourth-order valence-corrected chi connectivity index (χ4v) is 7.45. The minimum Gasteiger partial charge on any atom is -0.310 e. The largest absolute Gasteiger partial charge is 0.310 e. The summed E-state index contributed by atoms with van der Waals surface area (Å²) < 4.78 is 0. The highest BCUT2D eigenvalue weighted by molar-refractivity contribution is 6.09. The van der Waals surface area contributed by atoms with Crippen LogP contribution >= 0.6 is 0 Å². The van der Waals surface area contributed by atoms with Gasteiger partial charge in [-0.15, -0.1) is 0 Å². The predicted molar refractivity (Wildman–Crippen MR) is 202 cm³/mol. The molecule has 1 aliphatic heterocycles. The van der Waals surface area contributed by atoms with Gasteiger partial charge in [-0.05, 0) is 90.6 Å². The Kier molecular flexibility index (Phi) is 6.90. The molecule has 2 aliphatic rings. The van der Waals surface area contributed by atoms with Crippen LogP contribution in [0.4, 0.5) is 22.7 Å². The average molecular weight is 618 g/mol. The average Bonchev–Trinajstić information content (AvgIpc) is 3.40. The topological polar surface area (TPSA) is 19.4 Å². The van der Waals surface area contributed by atoms with Gasteiger partial charge in [0.05, 0.1) is 34.0 Å². The van der Waals surface area contributed by atoms with Crippen molar-refractivity contribution in [1.29, 1.82) is 0 Å². The summed E-state index contributed by atoms with van der Waals surface area (Å²) >= 11 is 0. The monoisotopic (exact) mass is 617 g/mol. The van der Waals surface area contributed by atoms with Gasteiger partial charge in [0.15, 0.2) is 0 Å². The molecule has 1 aromatic heterocycles. The highest BCUT2D eigenvalue weighted by Gasteiger charge is 2.33. The van der Waals surface area contributed by atoms with E-state index in [1.165, 1.54) is 50.2 Å². The van der Waals surface area contributed by atoms with Gasteiger partial charge in [-0.1, -0.05) is 121 Å². The van der Waals surface area contributed by atoms with Crippen molar-refractivity contribution in [1.82, 2.24) is 4.98 Å². The molecule has 0 amide bonds. The van der Waals surface area contributed by atoms with Crippen molar-refractivity contribution < 1.29 is 0 Å². The minimum atomic E-state index is 0.972. The summed E-state index contributed by atoms with van der Waals surface area (Å²) in [6.07, 6.45) is 7.81. The maximum atomic E-state index is 5.53. The van der Waals surface area contributed by atoms with Crippen molar-refractivity contribution in [3.8, 4) is 22.4 Å². The first-order valence-electron chi connectivity index (χ1n) is 16.9. The SMILES string of the molecule is Cc1ccc(-c2cc(-c3cccc4ccccc34)c3cccc(N4C5=C(CCCC=C5)N(c5ccccc5)c5ccccc54)c3n2)cc1. The number of rotatable bonds is 4. The lowest BCUT2D eigenvalue weighted by Gasteiger charge is -2.41. The lowest BCUT2D eigenvalue weighted by molar-refractivity contribution is 0.811. The van der Waals surface area contributed by atoms with Crippen LogP contribution < -0.4 is 9.80 Å². The van der Waals surface area contributed by atoms with Gasteiger partial charge in [-0.3, -0.25) is 0 Å². The van der Waals surface area contributed by atoms with Gasteiger partial charge < -0.3 is 9.80 Å². The maximum Gasteiger partial charge on any atom is 0.0956 e. The summed E-state index contributed by atoms with van der Waals surface area (Å²) in [7, 11) is 0. The molecule has 230 valence electrons. The summed E-state index contributed by atoms with van der Waals surface area (Å²) in [6.45, 7) is 2.13. The van der Waals surface area contributed by atoms with Crippen LogP contribution in [0.15, 0.2) is 169 Å². The highest BCUT2D eigenvalue weighted by Crippen LogP contribution is 2.51. The van der Waals surface area contributed by atoms with Gasteiger partial charge >= 0.3 is 0 Å². The Morgan fingerprint density at radius 2 is 1.27 bits per heavy atom. The second-order valence-corrected chi connectivity index (χ2v) is 12.7. The van der Waals surface area contributed by atoms with E-state index in [9.17, 15) is 0 Å². The van der Waals surface area contributed by atoms with Gasteiger partial charge in [0, 0.05) is 22.3 Å². The van der Waals surface area contributed by atoms with E-state index < -0.39 is 0 Å². The number of pyridine rings is 1. The van der Waals surface area contributed by atoms with Gasteiger partial charge in [-0.2, -0.15) is 0 Å². The van der Waals surface area contributed by atoms with E-state index in [2.05, 4.69) is 174 Å². The molecule has 7 aromatic rings. The van der Waals surface area contributed by atoms with E-state index in [1.807, 2.05) is 0 Å². The zero-order valence-corrected chi connectivity index (χ0v) is 27.0. The number of para-hydroxylation sites is 4. The second-order valence-electron chi connectivity index (χ2n) is 12.7. The van der Waals surface area contributed by atoms with Crippen molar-refractivity contribution in [3.05, 3.63) is 175 Å². The van der Waals surface area contributed by atoms with E-state index in [4.69, 9.17) is 4.98 Å². The molecule has 3 nitrogen and oxygen atoms in total. The first kappa shape index (κ1) is 28.3. The molecule has 9 rings (SSSR count). The fraction of sp³-hybridized carbons (Fsp3) is 0.0889. The summed E-state index contributed by atoms with van der Waals surface area (Å²) in [4.78, 5) is 10.5. The molecule has 2 heterocycles. The van der Waals surface area contributed by atoms with Crippen LogP contribution in [0.3, 0.4) is 0 Å². The van der Waals surface area contributed by atoms with Gasteiger partial charge in [0.2, 0.25) is 0 Å². The summed E-state index contributed by atoms with van der Waals surface area (Å²) in [5, 5.41) is 3.62. The first-order valence-corrected chi connectivity index (χ1v) is 16.9. The van der Waals surface area contributed by atoms with Crippen LogP contribution in [0.5, 0.6) is 0 Å². The van der Waals surface area contributed by atoms with Crippen LogP contribution in [0.2, 0.25) is 0 Å². The first-order chi connectivity index (χ1) is 23.7. The molecule has 3 heteroatoms. The van der Waals surface area contributed by atoms with E-state index >= 15 is 0 Å². The highest BCUT2D eigenvalue weighted by atomic mass is 15.3. The molecule has 0 saturated carbocycles. The molecule has 1 aliphatic carbocycles. The number of hydrogen-bond acceptors (Lipinski definition) is 3. The van der Waals surface area contributed by atoms with Gasteiger partial charge in [0.1, 0.15) is 0 Å². The summed E-state index contributed by atoms with van der Waals surface area (Å²) in [5.74, 6) is 0. The van der Waals surface area contributed by atoms with Crippen molar-refractivity contribution in [2.24, 2.45) is 0 Å². The molecule has 0 unspecified atom stereocenters. The maximum absolute atomic E-state index is 5.53. The molecule has 0 bridgehead atoms. The molecule has 0 N–H and O–H groups in total. The van der Waals surface area contributed by atoms with Crippen LogP contribution in [-0.2, 0) is 0 Å². The minimum absolute atomic E-state index is 0.972. The molecule has 0 atom stereocenters. The Labute approximate surface area is 281 Å². The van der Waals surface area contributed by atoms with E-state index in [0.717, 1.165) is 52.8 Å². The zero-order chi connectivity index (χ0) is 32.0. The molecule has 48 heavy (non-hydrogen) atoms. The molecular formula is C45H35N3. The molecule has 6 aromatic carbocycles. The fourth-order valence-electron chi connectivity index (χ4n) is 7.45. The normalized spacial score (nSPS) is 14.3. The Hall–Kier alpha value is -5.93. The smallest absolute Gasteiger partial charge is 0.0956 e. The molecule has 0 spiro atoms. The number of nitrogens with zero attached hydrogens (tertiary/aromatic N) is 3. The Balaban J connectivity index is 1.36. The van der Waals surface area contributed by atoms with E-state index in [0.29, 0.717) is 0 Å². The predicted octanol–water partition coefficient (Wildman–Crippen LogP) is 12.3. The van der Waals surface area contributed by atoms with E-state index in [-0.39, 0.29) is 0 Å². The molecule has 0 saturated heterocycles. The Morgan fingerprint density at radius 3 is 2.12 bits per heavy atom. The quantitative estimate of drug-likeness (QED) is 0.196. The number of benzene rings is 6. The zero-order valence-electron chi connectivity index (χ0n) is 27.0. The number of aromatic nitrogens is 1. The van der Waals surface area contributed by atoms with Crippen LogP contribution in [0.25, 0.3) is 44.1 Å². The van der Waals surface area contributed by atoms with Crippen LogP contribution in [0, 0.1) is 6.92 Å². The van der Waals surface area contributed by atoms with Gasteiger partial charge in [0.25, 0.3) is 0 Å². The third-order valence-electron chi connectivity index (χ3n) is 9.73. The second kappa shape index (κ2) is 11.7. The molecule has 0 fully saturated rings. The summed E-state index contributed by atoms with van der Waals surface area (Å²) in [5.41, 5.74) is 13.8. The van der Waals surface area contributed by atoms with Gasteiger partial charge in [-0.25, -0.2) is 4.98 Å². The third kappa shape index (κ3) is 4.70. The van der Waals surface area contributed by atoms with Crippen molar-refractivity contribution in [2.75, 3.05) is 9.80 Å². The summed E-state index contributed by atoms with van der Waals surface area (Å²) in [6, 6.07) is 52.6. The van der Waals surface area contributed by atoms with Crippen LogP contribution in [-0.4, -0.2) is 4.98 Å². The number of aryl methyl sites for hydroxylation is 1. The molecular weight excluding hydrogens is 583 g/mol. The van der Waals surface area contributed by atoms with E-state index in [1.54, 1.807) is 0 Å². The Morgan fingerprint density at radius 1 is 0.583 bits per heavy atom. The number of allylic oxidation sites excluding steroid dienone is 3. The third-order valence-corrected chi connectivity index (χ3v) is 9.73. The Bertz CT molecular complexity index is 2380. The van der Waals surface area contributed by atoms with Crippen LogP contribution in [0.1, 0.15) is 24.8 Å². The lowest BCUT2D eigenvalue weighted by Crippen LogP contribution is -2.31. The number of hydrogen-bond donors (Lipinski definition) is 0. The van der Waals surface area contributed by atoms with Crippen molar-refractivity contribution >= 4 is 44.4 Å².